The second kappa shape index (κ2) is 6.34. The van der Waals surface area contributed by atoms with E-state index in [-0.39, 0.29) is 5.56 Å². The maximum absolute atomic E-state index is 11.2. The molecule has 0 spiro atoms. The van der Waals surface area contributed by atoms with Crippen LogP contribution in [0.5, 0.6) is 0 Å². The van der Waals surface area contributed by atoms with Gasteiger partial charge in [-0.25, -0.2) is 9.78 Å². The van der Waals surface area contributed by atoms with E-state index >= 15 is 0 Å². The summed E-state index contributed by atoms with van der Waals surface area (Å²) in [6, 6.07) is 1.59. The Morgan fingerprint density at radius 2 is 2.21 bits per heavy atom. The Morgan fingerprint density at radius 1 is 1.53 bits per heavy atom. The van der Waals surface area contributed by atoms with Crippen molar-refractivity contribution in [3.05, 3.63) is 22.3 Å². The van der Waals surface area contributed by atoms with Gasteiger partial charge in [0.15, 0.2) is 0 Å². The fourth-order valence-electron chi connectivity index (χ4n) is 2.30. The quantitative estimate of drug-likeness (QED) is 0.897. The summed E-state index contributed by atoms with van der Waals surface area (Å²) in [6.07, 6.45) is 4.16. The highest BCUT2D eigenvalue weighted by Gasteiger charge is 2.17. The molecular weight excluding hydrogens is 310 g/mol. The maximum Gasteiger partial charge on any atom is 0.339 e. The molecule has 1 fully saturated rings. The Balaban J connectivity index is 2.05. The molecule has 5 nitrogen and oxygen atoms in total. The number of carbonyl (C=O) groups is 1. The van der Waals surface area contributed by atoms with Crippen LogP contribution in [0.15, 0.2) is 16.7 Å². The van der Waals surface area contributed by atoms with Crippen LogP contribution >= 0.6 is 15.9 Å². The third-order valence-electron chi connectivity index (χ3n) is 3.38. The summed E-state index contributed by atoms with van der Waals surface area (Å²) in [4.78, 5) is 19.8. The first-order valence-corrected chi connectivity index (χ1v) is 7.19. The zero-order valence-electron chi connectivity index (χ0n) is 11.0. The van der Waals surface area contributed by atoms with Crippen LogP contribution in [0.3, 0.4) is 0 Å². The van der Waals surface area contributed by atoms with Crippen LogP contribution in [-0.2, 0) is 0 Å². The number of anilines is 1. The summed E-state index contributed by atoms with van der Waals surface area (Å²) >= 11 is 3.25. The molecule has 0 unspecified atom stereocenters. The summed E-state index contributed by atoms with van der Waals surface area (Å²) in [5.74, 6) is -0.424. The average molecular weight is 328 g/mol. The van der Waals surface area contributed by atoms with Gasteiger partial charge in [0.1, 0.15) is 11.4 Å². The highest BCUT2D eigenvalue weighted by atomic mass is 79.9. The molecular formula is C13H18BrN3O2. The molecule has 2 heterocycles. The summed E-state index contributed by atoms with van der Waals surface area (Å²) < 4.78 is 0.682. The van der Waals surface area contributed by atoms with Gasteiger partial charge in [-0.15, -0.1) is 0 Å². The van der Waals surface area contributed by atoms with Crippen LogP contribution in [0.1, 0.15) is 23.2 Å². The SMILES string of the molecule is CN(CCN1CCCC1)c1ncc(Br)cc1C(=O)O. The molecule has 0 aliphatic carbocycles. The predicted octanol–water partition coefficient (Wildman–Crippen LogP) is 2.07. The highest BCUT2D eigenvalue weighted by Crippen LogP contribution is 2.21. The number of likely N-dealkylation sites (N-methyl/N-ethyl adjacent to an activating group) is 1. The molecule has 1 aromatic heterocycles. The van der Waals surface area contributed by atoms with Crippen molar-refractivity contribution in [3.8, 4) is 0 Å². The summed E-state index contributed by atoms with van der Waals surface area (Å²) in [5, 5.41) is 9.22. The molecule has 6 heteroatoms. The zero-order chi connectivity index (χ0) is 13.8. The van der Waals surface area contributed by atoms with E-state index in [4.69, 9.17) is 0 Å². The lowest BCUT2D eigenvalue weighted by Crippen LogP contribution is -2.32. The zero-order valence-corrected chi connectivity index (χ0v) is 12.6. The van der Waals surface area contributed by atoms with Crippen molar-refractivity contribution in [2.24, 2.45) is 0 Å². The largest absolute Gasteiger partial charge is 0.478 e. The number of hydrogen-bond acceptors (Lipinski definition) is 4. The minimum Gasteiger partial charge on any atom is -0.478 e. The van der Waals surface area contributed by atoms with Crippen LogP contribution in [0.4, 0.5) is 5.82 Å². The van der Waals surface area contributed by atoms with E-state index in [0.29, 0.717) is 10.3 Å². The lowest BCUT2D eigenvalue weighted by molar-refractivity contribution is 0.0697. The molecule has 1 N–H and O–H groups in total. The summed E-state index contributed by atoms with van der Waals surface area (Å²) in [7, 11) is 1.89. The van der Waals surface area contributed by atoms with Gasteiger partial charge in [0, 0.05) is 30.8 Å². The Morgan fingerprint density at radius 3 is 2.84 bits per heavy atom. The maximum atomic E-state index is 11.2. The number of likely N-dealkylation sites (tertiary alicyclic amines) is 1. The molecule has 1 aromatic rings. The topological polar surface area (TPSA) is 56.7 Å². The van der Waals surface area contributed by atoms with Crippen molar-refractivity contribution in [1.82, 2.24) is 9.88 Å². The van der Waals surface area contributed by atoms with E-state index in [2.05, 4.69) is 25.8 Å². The second-order valence-electron chi connectivity index (χ2n) is 4.80. The van der Waals surface area contributed by atoms with Gasteiger partial charge in [0.05, 0.1) is 0 Å². The summed E-state index contributed by atoms with van der Waals surface area (Å²) in [5.41, 5.74) is 0.235. The molecule has 0 atom stereocenters. The second-order valence-corrected chi connectivity index (χ2v) is 5.72. The van der Waals surface area contributed by atoms with Crippen molar-refractivity contribution in [3.63, 3.8) is 0 Å². The molecule has 0 amide bonds. The molecule has 1 aliphatic heterocycles. The first kappa shape index (κ1) is 14.3. The van der Waals surface area contributed by atoms with Gasteiger partial charge in [-0.05, 0) is 47.9 Å². The third-order valence-corrected chi connectivity index (χ3v) is 3.81. The normalized spacial score (nSPS) is 15.7. The van der Waals surface area contributed by atoms with Crippen LogP contribution in [0.2, 0.25) is 0 Å². The Hall–Kier alpha value is -1.14. The van der Waals surface area contributed by atoms with Gasteiger partial charge in [-0.3, -0.25) is 0 Å². The molecule has 0 aromatic carbocycles. The minimum absolute atomic E-state index is 0.235. The number of aromatic carboxylic acids is 1. The van der Waals surface area contributed by atoms with E-state index in [0.717, 1.165) is 26.2 Å². The standard InChI is InChI=1S/C13H18BrN3O2/c1-16(6-7-17-4-2-3-5-17)12-11(13(18)19)8-10(14)9-15-12/h8-9H,2-7H2,1H3,(H,18,19). The number of carboxylic acid groups (broad SMARTS) is 1. The Kier molecular flexibility index (Phi) is 4.76. The average Bonchev–Trinajstić information content (AvgIpc) is 2.88. The number of halogens is 1. The number of pyridine rings is 1. The van der Waals surface area contributed by atoms with Gasteiger partial charge in [-0.2, -0.15) is 0 Å². The van der Waals surface area contributed by atoms with Crippen LogP contribution in [0, 0.1) is 0 Å². The molecule has 0 saturated carbocycles. The van der Waals surface area contributed by atoms with Crippen LogP contribution in [0.25, 0.3) is 0 Å². The molecule has 1 saturated heterocycles. The molecule has 2 rings (SSSR count). The van der Waals surface area contributed by atoms with E-state index in [1.807, 2.05) is 11.9 Å². The number of hydrogen-bond donors (Lipinski definition) is 1. The van der Waals surface area contributed by atoms with Gasteiger partial charge in [0.25, 0.3) is 0 Å². The van der Waals surface area contributed by atoms with E-state index in [1.165, 1.54) is 12.8 Å². The molecule has 0 radical (unpaired) electrons. The number of aromatic nitrogens is 1. The van der Waals surface area contributed by atoms with Gasteiger partial charge in [-0.1, -0.05) is 0 Å². The monoisotopic (exact) mass is 327 g/mol. The van der Waals surface area contributed by atoms with Crippen molar-refractivity contribution >= 4 is 27.7 Å². The van der Waals surface area contributed by atoms with Crippen molar-refractivity contribution < 1.29 is 9.90 Å². The van der Waals surface area contributed by atoms with E-state index in [9.17, 15) is 9.90 Å². The minimum atomic E-state index is -0.947. The molecule has 19 heavy (non-hydrogen) atoms. The summed E-state index contributed by atoms with van der Waals surface area (Å²) in [6.45, 7) is 4.03. The van der Waals surface area contributed by atoms with Crippen molar-refractivity contribution in [1.29, 1.82) is 0 Å². The molecule has 1 aliphatic rings. The molecule has 104 valence electrons. The number of rotatable bonds is 5. The van der Waals surface area contributed by atoms with Crippen LogP contribution < -0.4 is 4.90 Å². The van der Waals surface area contributed by atoms with Crippen LogP contribution in [-0.4, -0.2) is 54.2 Å². The third kappa shape index (κ3) is 3.67. The van der Waals surface area contributed by atoms with E-state index < -0.39 is 5.97 Å². The lowest BCUT2D eigenvalue weighted by Gasteiger charge is -2.23. The van der Waals surface area contributed by atoms with Crippen molar-refractivity contribution in [2.75, 3.05) is 38.1 Å². The fraction of sp³-hybridized carbons (Fsp3) is 0.538. The van der Waals surface area contributed by atoms with Gasteiger partial charge in [0.2, 0.25) is 0 Å². The fourth-order valence-corrected chi connectivity index (χ4v) is 2.63. The van der Waals surface area contributed by atoms with E-state index in [1.54, 1.807) is 12.3 Å². The van der Waals surface area contributed by atoms with Gasteiger partial charge < -0.3 is 14.9 Å². The Labute approximate surface area is 121 Å². The first-order chi connectivity index (χ1) is 9.08. The first-order valence-electron chi connectivity index (χ1n) is 6.40. The number of nitrogens with zero attached hydrogens (tertiary/aromatic N) is 3. The number of carboxylic acids is 1. The lowest BCUT2D eigenvalue weighted by atomic mass is 10.2. The van der Waals surface area contributed by atoms with Gasteiger partial charge >= 0.3 is 5.97 Å². The van der Waals surface area contributed by atoms with Crippen molar-refractivity contribution in [2.45, 2.75) is 12.8 Å². The molecule has 0 bridgehead atoms. The predicted molar refractivity (Wildman–Crippen MR) is 77.8 cm³/mol. The Bertz CT molecular complexity index is 461. The smallest absolute Gasteiger partial charge is 0.339 e. The highest BCUT2D eigenvalue weighted by molar-refractivity contribution is 9.10.